The number of halogens is 3. The molecule has 3 aliphatic heterocycles. The number of amides is 2. The van der Waals surface area contributed by atoms with Crippen molar-refractivity contribution in [1.29, 1.82) is 0 Å². The molecule has 2 amide bonds. The van der Waals surface area contributed by atoms with Gasteiger partial charge in [-0.1, -0.05) is 0 Å². The van der Waals surface area contributed by atoms with E-state index in [1.54, 1.807) is 37.8 Å². The first-order valence-electron chi connectivity index (χ1n) is 14.4. The van der Waals surface area contributed by atoms with Crippen molar-refractivity contribution in [2.24, 2.45) is 4.99 Å². The van der Waals surface area contributed by atoms with Gasteiger partial charge < -0.3 is 15.3 Å². The van der Waals surface area contributed by atoms with Crippen molar-refractivity contribution in [2.45, 2.75) is 64.0 Å². The molecule has 0 aliphatic carbocycles. The number of nitrogens with one attached hydrogen (secondary N) is 1. The summed E-state index contributed by atoms with van der Waals surface area (Å²) in [6.45, 7) is 6.32. The molecule has 236 valence electrons. The number of benzene rings is 2. The van der Waals surface area contributed by atoms with Gasteiger partial charge in [-0.05, 0) is 99.6 Å². The van der Waals surface area contributed by atoms with E-state index in [1.807, 2.05) is 0 Å². The molecule has 2 aromatic rings. The summed E-state index contributed by atoms with van der Waals surface area (Å²) >= 11 is 0. The van der Waals surface area contributed by atoms with Gasteiger partial charge >= 0.3 is 0 Å². The Kier molecular flexibility index (Phi) is 8.51. The number of carbonyl (C=O) groups is 2. The number of alkyl halides is 2. The lowest BCUT2D eigenvalue weighted by molar-refractivity contribution is -0.124. The van der Waals surface area contributed by atoms with Crippen molar-refractivity contribution in [1.82, 2.24) is 14.5 Å². The van der Waals surface area contributed by atoms with Crippen LogP contribution in [-0.4, -0.2) is 77.7 Å². The van der Waals surface area contributed by atoms with Crippen LogP contribution in [0.3, 0.4) is 0 Å². The molecule has 0 unspecified atom stereocenters. The maximum atomic E-state index is 13.7. The molecule has 2 fully saturated rings. The minimum Gasteiger partial charge on any atom is -0.390 e. The third-order valence-electron chi connectivity index (χ3n) is 8.77. The van der Waals surface area contributed by atoms with Crippen LogP contribution in [0, 0.1) is 19.7 Å². The van der Waals surface area contributed by atoms with Crippen LogP contribution in [0.1, 0.15) is 77.2 Å². The molecule has 13 heteroatoms. The van der Waals surface area contributed by atoms with Gasteiger partial charge in [0.1, 0.15) is 17.2 Å². The molecule has 1 spiro atoms. The number of piperidine rings is 2. The van der Waals surface area contributed by atoms with Crippen LogP contribution in [0.5, 0.6) is 0 Å². The van der Waals surface area contributed by atoms with E-state index in [1.165, 1.54) is 16.4 Å². The molecule has 0 atom stereocenters. The molecule has 0 radical (unpaired) electrons. The van der Waals surface area contributed by atoms with Gasteiger partial charge in [-0.25, -0.2) is 21.6 Å². The number of aliphatic imine (C=N–C) groups is 1. The molecule has 2 aromatic carbocycles. The Hall–Kier alpha value is -3.55. The number of aryl methyl sites for hydroxylation is 2. The second-order valence-corrected chi connectivity index (χ2v) is 13.9. The second-order valence-electron chi connectivity index (χ2n) is 12.0. The van der Waals surface area contributed by atoms with Gasteiger partial charge in [-0.3, -0.25) is 14.6 Å². The largest absolute Gasteiger partial charge is 0.390 e. The molecular formula is C31H35F3N4O5S. The zero-order valence-electron chi connectivity index (χ0n) is 24.7. The lowest BCUT2D eigenvalue weighted by Gasteiger charge is -2.36. The molecule has 5 rings (SSSR count). The quantitative estimate of drug-likeness (QED) is 0.498. The summed E-state index contributed by atoms with van der Waals surface area (Å²) in [4.78, 5) is 32.2. The van der Waals surface area contributed by atoms with Crippen molar-refractivity contribution in [2.75, 3.05) is 26.2 Å². The van der Waals surface area contributed by atoms with E-state index in [0.29, 0.717) is 37.1 Å². The molecule has 0 aromatic heterocycles. The van der Waals surface area contributed by atoms with Crippen molar-refractivity contribution >= 4 is 33.7 Å². The molecule has 44 heavy (non-hydrogen) atoms. The highest BCUT2D eigenvalue weighted by atomic mass is 32.2. The van der Waals surface area contributed by atoms with Crippen LogP contribution in [0.25, 0.3) is 6.08 Å². The number of sulfonamides is 1. The summed E-state index contributed by atoms with van der Waals surface area (Å²) in [6.07, 6.45) is -0.360. The van der Waals surface area contributed by atoms with Crippen molar-refractivity contribution < 1.29 is 36.3 Å². The standard InChI is InChI=1S/C31H35F3N4O5S/c1-19-16-22(28(39)37-11-7-30(3,41)8-12-37)17-20(2)23(19)6-15-44(42,43)38-13-9-31(10-14-38)29(40)35-27(36-31)21-4-5-25(32)24(18-21)26(33)34/h4-6,15-18,26,41H,7-14H2,1-3H3,(H,35,36,40)/b15-6+. The van der Waals surface area contributed by atoms with E-state index in [9.17, 15) is 36.3 Å². The van der Waals surface area contributed by atoms with E-state index >= 15 is 0 Å². The van der Waals surface area contributed by atoms with Gasteiger partial charge in [0, 0.05) is 42.7 Å². The van der Waals surface area contributed by atoms with Gasteiger partial charge in [0.15, 0.2) is 0 Å². The van der Waals surface area contributed by atoms with Crippen molar-refractivity contribution in [3.05, 3.63) is 74.9 Å². The van der Waals surface area contributed by atoms with Crippen LogP contribution in [0.4, 0.5) is 13.2 Å². The van der Waals surface area contributed by atoms with Crippen molar-refractivity contribution in [3.8, 4) is 0 Å². The highest BCUT2D eigenvalue weighted by molar-refractivity contribution is 7.92. The molecule has 0 bridgehead atoms. The maximum absolute atomic E-state index is 13.7. The Balaban J connectivity index is 1.26. The summed E-state index contributed by atoms with van der Waals surface area (Å²) in [6, 6.07) is 6.58. The van der Waals surface area contributed by atoms with Gasteiger partial charge in [0.25, 0.3) is 18.2 Å². The van der Waals surface area contributed by atoms with Gasteiger partial charge in [-0.15, -0.1) is 0 Å². The first kappa shape index (κ1) is 31.9. The second kappa shape index (κ2) is 11.8. The number of hydrogen-bond acceptors (Lipinski definition) is 6. The fourth-order valence-corrected chi connectivity index (χ4v) is 7.11. The molecular weight excluding hydrogens is 597 g/mol. The minimum atomic E-state index is -3.87. The van der Waals surface area contributed by atoms with Crippen molar-refractivity contribution in [3.63, 3.8) is 0 Å². The number of likely N-dealkylation sites (tertiary alicyclic amines) is 1. The Labute approximate surface area is 254 Å². The summed E-state index contributed by atoms with van der Waals surface area (Å²) < 4.78 is 67.8. The summed E-state index contributed by atoms with van der Waals surface area (Å²) in [5.41, 5.74) is -0.0161. The van der Waals surface area contributed by atoms with Crippen LogP contribution < -0.4 is 5.32 Å². The zero-order chi connectivity index (χ0) is 32.0. The predicted octanol–water partition coefficient (Wildman–Crippen LogP) is 4.08. The average Bonchev–Trinajstić information content (AvgIpc) is 3.27. The topological polar surface area (TPSA) is 119 Å². The Morgan fingerprint density at radius 3 is 2.25 bits per heavy atom. The highest BCUT2D eigenvalue weighted by Crippen LogP contribution is 2.33. The van der Waals surface area contributed by atoms with E-state index in [4.69, 9.17) is 0 Å². The Morgan fingerprint density at radius 2 is 1.66 bits per heavy atom. The highest BCUT2D eigenvalue weighted by Gasteiger charge is 2.47. The number of amidine groups is 1. The van der Waals surface area contributed by atoms with E-state index < -0.39 is 44.9 Å². The molecule has 3 heterocycles. The van der Waals surface area contributed by atoms with Crippen LogP contribution in [0.2, 0.25) is 0 Å². The number of aliphatic hydroxyl groups is 1. The summed E-state index contributed by atoms with van der Waals surface area (Å²) in [5, 5.41) is 13.9. The number of rotatable bonds is 6. The molecule has 0 saturated carbocycles. The van der Waals surface area contributed by atoms with Gasteiger partial charge in [0.05, 0.1) is 11.2 Å². The van der Waals surface area contributed by atoms with Gasteiger partial charge in [0.2, 0.25) is 10.0 Å². The number of carbonyl (C=O) groups excluding carboxylic acids is 2. The predicted molar refractivity (Wildman–Crippen MR) is 159 cm³/mol. The zero-order valence-corrected chi connectivity index (χ0v) is 25.6. The maximum Gasteiger partial charge on any atom is 0.266 e. The van der Waals surface area contributed by atoms with E-state index in [0.717, 1.165) is 28.7 Å². The minimum absolute atomic E-state index is 0.0106. The lowest BCUT2D eigenvalue weighted by atomic mass is 9.89. The van der Waals surface area contributed by atoms with Crippen LogP contribution >= 0.6 is 0 Å². The SMILES string of the molecule is Cc1cc(C(=O)N2CCC(C)(O)CC2)cc(C)c1/C=C/S(=O)(=O)N1CCC2(CC1)N=C(c1ccc(F)c(C(F)F)c1)NC2=O. The molecule has 3 aliphatic rings. The smallest absolute Gasteiger partial charge is 0.266 e. The van der Waals surface area contributed by atoms with Crippen LogP contribution in [-0.2, 0) is 14.8 Å². The lowest BCUT2D eigenvalue weighted by Crippen LogP contribution is -2.50. The number of nitrogens with zero attached hydrogens (tertiary/aromatic N) is 3. The van der Waals surface area contributed by atoms with Gasteiger partial charge in [-0.2, -0.15) is 4.31 Å². The monoisotopic (exact) mass is 632 g/mol. The fraction of sp³-hybridized carbons (Fsp3) is 0.452. The van der Waals surface area contributed by atoms with E-state index in [-0.39, 0.29) is 43.2 Å². The molecule has 2 saturated heterocycles. The Bertz CT molecular complexity index is 1630. The first-order chi connectivity index (χ1) is 20.6. The summed E-state index contributed by atoms with van der Waals surface area (Å²) in [5.74, 6) is -1.60. The van der Waals surface area contributed by atoms with Crippen LogP contribution in [0.15, 0.2) is 40.7 Å². The fourth-order valence-electron chi connectivity index (χ4n) is 5.94. The average molecular weight is 633 g/mol. The third-order valence-corrected chi connectivity index (χ3v) is 10.3. The molecule has 9 nitrogen and oxygen atoms in total. The normalized spacial score (nSPS) is 20.4. The number of hydrogen-bond donors (Lipinski definition) is 2. The molecule has 2 N–H and O–H groups in total. The summed E-state index contributed by atoms with van der Waals surface area (Å²) in [7, 11) is -3.87. The Morgan fingerprint density at radius 1 is 1.05 bits per heavy atom. The first-order valence-corrected chi connectivity index (χ1v) is 15.9. The van der Waals surface area contributed by atoms with E-state index in [2.05, 4.69) is 10.3 Å². The third kappa shape index (κ3) is 6.31.